The number of aromatic carboxylic acids is 1. The van der Waals surface area contributed by atoms with Gasteiger partial charge in [-0.1, -0.05) is 23.2 Å². The molecule has 8 heteroatoms. The normalized spacial score (nSPS) is 12.1. The molecule has 0 aliphatic carbocycles. The van der Waals surface area contributed by atoms with Crippen LogP contribution in [0.25, 0.3) is 0 Å². The van der Waals surface area contributed by atoms with Crippen LogP contribution in [0, 0.1) is 0 Å². The van der Waals surface area contributed by atoms with Crippen molar-refractivity contribution in [2.45, 2.75) is 0 Å². The van der Waals surface area contributed by atoms with Gasteiger partial charge in [0.1, 0.15) is 0 Å². The molecule has 2 aromatic rings. The number of amides is 1. The van der Waals surface area contributed by atoms with E-state index in [2.05, 4.69) is 5.32 Å². The van der Waals surface area contributed by atoms with Crippen molar-refractivity contribution >= 4 is 40.8 Å². The number of benzene rings is 2. The monoisotopic (exact) mass is 353 g/mol. The predicted octanol–water partition coefficient (Wildman–Crippen LogP) is 3.67. The number of halogens is 2. The zero-order valence-electron chi connectivity index (χ0n) is 11.4. The second-order valence-corrected chi connectivity index (χ2v) is 5.45. The zero-order chi connectivity index (χ0) is 16.6. The Kier molecular flexibility index (Phi) is 4.02. The lowest BCUT2D eigenvalue weighted by atomic mass is 10.1. The SMILES string of the molecule is O=C(Nc1cc(C(=O)O)c(Cl)cc1Cl)c1ccc2c(c1)OCO2. The first-order valence-corrected chi connectivity index (χ1v) is 7.14. The second-order valence-electron chi connectivity index (χ2n) is 4.64. The molecule has 2 aromatic carbocycles. The number of rotatable bonds is 3. The lowest BCUT2D eigenvalue weighted by molar-refractivity contribution is 0.0696. The maximum absolute atomic E-state index is 12.3. The molecule has 0 saturated carbocycles. The van der Waals surface area contributed by atoms with Crippen LogP contribution in [0.4, 0.5) is 5.69 Å². The minimum Gasteiger partial charge on any atom is -0.478 e. The molecule has 0 radical (unpaired) electrons. The summed E-state index contributed by atoms with van der Waals surface area (Å²) in [5.41, 5.74) is 0.310. The van der Waals surface area contributed by atoms with E-state index in [1.807, 2.05) is 0 Å². The van der Waals surface area contributed by atoms with Crippen LogP contribution >= 0.6 is 23.2 Å². The van der Waals surface area contributed by atoms with Crippen LogP contribution in [-0.4, -0.2) is 23.8 Å². The van der Waals surface area contributed by atoms with E-state index in [0.29, 0.717) is 17.1 Å². The minimum absolute atomic E-state index is 0.0106. The molecule has 1 aliphatic heterocycles. The Morgan fingerprint density at radius 1 is 1.04 bits per heavy atom. The zero-order valence-corrected chi connectivity index (χ0v) is 12.9. The number of carbonyl (C=O) groups is 2. The van der Waals surface area contributed by atoms with Gasteiger partial charge in [-0.2, -0.15) is 0 Å². The molecule has 0 fully saturated rings. The van der Waals surface area contributed by atoms with E-state index >= 15 is 0 Å². The highest BCUT2D eigenvalue weighted by atomic mass is 35.5. The van der Waals surface area contributed by atoms with Gasteiger partial charge in [-0.3, -0.25) is 4.79 Å². The molecule has 1 aliphatic rings. The standard InChI is InChI=1S/C15H9Cl2NO5/c16-9-5-10(17)11(4-8(9)15(20)21)18-14(19)7-1-2-12-13(3-7)23-6-22-12/h1-5H,6H2,(H,18,19)(H,20,21). The first kappa shape index (κ1) is 15.5. The molecular weight excluding hydrogens is 345 g/mol. The molecule has 0 aromatic heterocycles. The molecule has 1 amide bonds. The van der Waals surface area contributed by atoms with E-state index in [1.54, 1.807) is 12.1 Å². The van der Waals surface area contributed by atoms with Crippen molar-refractivity contribution in [1.82, 2.24) is 0 Å². The van der Waals surface area contributed by atoms with E-state index in [4.69, 9.17) is 37.8 Å². The van der Waals surface area contributed by atoms with Gasteiger partial charge in [-0.25, -0.2) is 4.79 Å². The molecule has 0 bridgehead atoms. The van der Waals surface area contributed by atoms with Crippen LogP contribution < -0.4 is 14.8 Å². The van der Waals surface area contributed by atoms with E-state index in [-0.39, 0.29) is 28.1 Å². The van der Waals surface area contributed by atoms with Crippen LogP contribution in [0.1, 0.15) is 20.7 Å². The highest BCUT2D eigenvalue weighted by molar-refractivity contribution is 6.38. The van der Waals surface area contributed by atoms with Gasteiger partial charge in [0.2, 0.25) is 6.79 Å². The summed E-state index contributed by atoms with van der Waals surface area (Å²) < 4.78 is 10.4. The Labute approximate surface area is 140 Å². The average Bonchev–Trinajstić information content (AvgIpc) is 2.96. The Hall–Kier alpha value is -2.44. The number of anilines is 1. The highest BCUT2D eigenvalue weighted by Gasteiger charge is 2.18. The van der Waals surface area contributed by atoms with Gasteiger partial charge in [-0.05, 0) is 30.3 Å². The number of fused-ring (bicyclic) bond motifs is 1. The number of nitrogens with one attached hydrogen (secondary N) is 1. The minimum atomic E-state index is -1.22. The third kappa shape index (κ3) is 3.04. The number of carbonyl (C=O) groups excluding carboxylic acids is 1. The van der Waals surface area contributed by atoms with Crippen molar-refractivity contribution in [1.29, 1.82) is 0 Å². The third-order valence-corrected chi connectivity index (χ3v) is 3.80. The van der Waals surface area contributed by atoms with Crippen molar-refractivity contribution in [3.8, 4) is 11.5 Å². The number of hydrogen-bond donors (Lipinski definition) is 2. The molecule has 118 valence electrons. The molecule has 2 N–H and O–H groups in total. The molecule has 3 rings (SSSR count). The van der Waals surface area contributed by atoms with Crippen LogP contribution in [0.5, 0.6) is 11.5 Å². The Balaban J connectivity index is 1.88. The molecule has 0 saturated heterocycles. The summed E-state index contributed by atoms with van der Waals surface area (Å²) in [6.45, 7) is 0.103. The van der Waals surface area contributed by atoms with E-state index in [1.165, 1.54) is 18.2 Å². The van der Waals surface area contributed by atoms with E-state index in [0.717, 1.165) is 0 Å². The fraction of sp³-hybridized carbons (Fsp3) is 0.0667. The van der Waals surface area contributed by atoms with E-state index in [9.17, 15) is 9.59 Å². The topological polar surface area (TPSA) is 84.9 Å². The van der Waals surface area contributed by atoms with Crippen molar-refractivity contribution in [3.05, 3.63) is 51.5 Å². The average molecular weight is 354 g/mol. The quantitative estimate of drug-likeness (QED) is 0.879. The van der Waals surface area contributed by atoms with Gasteiger partial charge in [-0.15, -0.1) is 0 Å². The number of ether oxygens (including phenoxy) is 2. The van der Waals surface area contributed by atoms with Gasteiger partial charge in [0.25, 0.3) is 5.91 Å². The Bertz CT molecular complexity index is 822. The summed E-state index contributed by atoms with van der Waals surface area (Å²) in [5, 5.41) is 11.7. The summed E-state index contributed by atoms with van der Waals surface area (Å²) in [6, 6.07) is 7.17. The summed E-state index contributed by atoms with van der Waals surface area (Å²) in [5.74, 6) is -0.667. The third-order valence-electron chi connectivity index (χ3n) is 3.17. The van der Waals surface area contributed by atoms with Crippen LogP contribution in [0.15, 0.2) is 30.3 Å². The van der Waals surface area contributed by atoms with Gasteiger partial charge in [0.05, 0.1) is 21.3 Å². The Morgan fingerprint density at radius 2 is 1.78 bits per heavy atom. The molecule has 0 atom stereocenters. The van der Waals surface area contributed by atoms with Crippen LogP contribution in [-0.2, 0) is 0 Å². The first-order chi connectivity index (χ1) is 11.0. The second kappa shape index (κ2) is 5.98. The van der Waals surface area contributed by atoms with Gasteiger partial charge in [0.15, 0.2) is 11.5 Å². The fourth-order valence-electron chi connectivity index (χ4n) is 2.04. The maximum atomic E-state index is 12.3. The number of carboxylic acids is 1. The summed E-state index contributed by atoms with van der Waals surface area (Å²) >= 11 is 11.8. The lowest BCUT2D eigenvalue weighted by Gasteiger charge is -2.10. The largest absolute Gasteiger partial charge is 0.478 e. The molecule has 23 heavy (non-hydrogen) atoms. The van der Waals surface area contributed by atoms with E-state index < -0.39 is 11.9 Å². The predicted molar refractivity (Wildman–Crippen MR) is 83.9 cm³/mol. The number of carboxylic acid groups (broad SMARTS) is 1. The van der Waals surface area contributed by atoms with Crippen molar-refractivity contribution in [3.63, 3.8) is 0 Å². The smallest absolute Gasteiger partial charge is 0.337 e. The van der Waals surface area contributed by atoms with Crippen LogP contribution in [0.3, 0.4) is 0 Å². The van der Waals surface area contributed by atoms with Gasteiger partial charge < -0.3 is 19.9 Å². The van der Waals surface area contributed by atoms with Crippen molar-refractivity contribution < 1.29 is 24.2 Å². The lowest BCUT2D eigenvalue weighted by Crippen LogP contribution is -2.13. The Morgan fingerprint density at radius 3 is 2.52 bits per heavy atom. The van der Waals surface area contributed by atoms with Crippen LogP contribution in [0.2, 0.25) is 10.0 Å². The molecular formula is C15H9Cl2NO5. The fourth-order valence-corrected chi connectivity index (χ4v) is 2.55. The van der Waals surface area contributed by atoms with Crippen molar-refractivity contribution in [2.75, 3.05) is 12.1 Å². The highest BCUT2D eigenvalue weighted by Crippen LogP contribution is 2.33. The maximum Gasteiger partial charge on any atom is 0.337 e. The van der Waals surface area contributed by atoms with Gasteiger partial charge in [0, 0.05) is 5.56 Å². The molecule has 0 unspecified atom stereocenters. The first-order valence-electron chi connectivity index (χ1n) is 6.39. The molecule has 1 heterocycles. The summed E-state index contributed by atoms with van der Waals surface area (Å²) in [6.07, 6.45) is 0. The molecule has 0 spiro atoms. The van der Waals surface area contributed by atoms with Crippen molar-refractivity contribution in [2.24, 2.45) is 0 Å². The van der Waals surface area contributed by atoms with Gasteiger partial charge >= 0.3 is 5.97 Å². The number of hydrogen-bond acceptors (Lipinski definition) is 4. The summed E-state index contributed by atoms with van der Waals surface area (Å²) in [4.78, 5) is 23.4. The molecule has 6 nitrogen and oxygen atoms in total. The summed E-state index contributed by atoms with van der Waals surface area (Å²) in [7, 11) is 0.